The van der Waals surface area contributed by atoms with Crippen LogP contribution in [0.4, 0.5) is 5.69 Å². The molecule has 0 saturated carbocycles. The minimum atomic E-state index is -1.46. The summed E-state index contributed by atoms with van der Waals surface area (Å²) in [6.45, 7) is 0. The van der Waals surface area contributed by atoms with E-state index in [9.17, 15) is 9.59 Å². The monoisotopic (exact) mass is 191 g/mol. The lowest BCUT2D eigenvalue weighted by Gasteiger charge is -1.93. The van der Waals surface area contributed by atoms with Gasteiger partial charge in [0, 0.05) is 5.69 Å². The molecule has 0 aliphatic heterocycles. The molecule has 1 rings (SSSR count). The molecule has 0 radical (unpaired) electrons. The molecular weight excluding hydrogens is 182 g/mol. The predicted molar refractivity (Wildman–Crippen MR) is 52.5 cm³/mol. The number of nitrogen functional groups attached to an aromatic ring is 1. The van der Waals surface area contributed by atoms with E-state index in [1.54, 1.807) is 24.3 Å². The molecule has 0 aromatic heterocycles. The van der Waals surface area contributed by atoms with Gasteiger partial charge in [0.25, 0.3) is 5.78 Å². The van der Waals surface area contributed by atoms with Gasteiger partial charge < -0.3 is 10.8 Å². The summed E-state index contributed by atoms with van der Waals surface area (Å²) in [4.78, 5) is 20.8. The summed E-state index contributed by atoms with van der Waals surface area (Å²) in [5.74, 6) is -2.40. The van der Waals surface area contributed by atoms with Crippen LogP contribution in [0.15, 0.2) is 30.3 Å². The number of carboxylic acid groups (broad SMARTS) is 1. The van der Waals surface area contributed by atoms with Crippen LogP contribution in [-0.4, -0.2) is 16.9 Å². The number of aliphatic carboxylic acids is 1. The molecule has 0 fully saturated rings. The molecular formula is C10H9NO3. The molecule has 14 heavy (non-hydrogen) atoms. The number of nitrogens with two attached hydrogens (primary N) is 1. The molecule has 72 valence electrons. The van der Waals surface area contributed by atoms with E-state index < -0.39 is 11.8 Å². The first kappa shape index (κ1) is 9.98. The van der Waals surface area contributed by atoms with Gasteiger partial charge in [0.1, 0.15) is 0 Å². The highest BCUT2D eigenvalue weighted by Crippen LogP contribution is 2.06. The molecule has 0 saturated heterocycles. The first-order valence-electron chi connectivity index (χ1n) is 3.90. The molecule has 4 nitrogen and oxygen atoms in total. The van der Waals surface area contributed by atoms with E-state index in [-0.39, 0.29) is 0 Å². The Morgan fingerprint density at radius 2 is 1.79 bits per heavy atom. The smallest absolute Gasteiger partial charge is 0.376 e. The Morgan fingerprint density at radius 1 is 1.21 bits per heavy atom. The zero-order valence-electron chi connectivity index (χ0n) is 7.31. The maximum absolute atomic E-state index is 10.7. The molecule has 3 N–H and O–H groups in total. The van der Waals surface area contributed by atoms with Crippen molar-refractivity contribution >= 4 is 23.5 Å². The lowest BCUT2D eigenvalue weighted by atomic mass is 10.2. The van der Waals surface area contributed by atoms with Crippen molar-refractivity contribution in [1.29, 1.82) is 0 Å². The van der Waals surface area contributed by atoms with Gasteiger partial charge in [-0.1, -0.05) is 18.2 Å². The topological polar surface area (TPSA) is 80.4 Å². The maximum atomic E-state index is 10.7. The number of anilines is 1. The summed E-state index contributed by atoms with van der Waals surface area (Å²) < 4.78 is 0. The van der Waals surface area contributed by atoms with E-state index in [2.05, 4.69) is 0 Å². The van der Waals surface area contributed by atoms with Gasteiger partial charge >= 0.3 is 5.97 Å². The Bertz CT molecular complexity index is 379. The average molecular weight is 191 g/mol. The molecule has 0 unspecified atom stereocenters. The van der Waals surface area contributed by atoms with E-state index in [1.807, 2.05) is 0 Å². The Kier molecular flexibility index (Phi) is 3.01. The number of carbonyl (C=O) groups is 2. The van der Waals surface area contributed by atoms with Crippen LogP contribution in [0.5, 0.6) is 0 Å². The molecule has 1 aromatic carbocycles. The Labute approximate surface area is 80.7 Å². The van der Waals surface area contributed by atoms with Crippen LogP contribution in [0.3, 0.4) is 0 Å². The zero-order chi connectivity index (χ0) is 10.6. The largest absolute Gasteiger partial charge is 0.475 e. The van der Waals surface area contributed by atoms with E-state index >= 15 is 0 Å². The van der Waals surface area contributed by atoms with E-state index in [1.165, 1.54) is 6.08 Å². The fourth-order valence-electron chi connectivity index (χ4n) is 0.850. The normalized spacial score (nSPS) is 10.3. The summed E-state index contributed by atoms with van der Waals surface area (Å²) in [6, 6.07) is 6.73. The Morgan fingerprint density at radius 3 is 2.29 bits per heavy atom. The van der Waals surface area contributed by atoms with Crippen molar-refractivity contribution in [3.63, 3.8) is 0 Å². The highest BCUT2D eigenvalue weighted by atomic mass is 16.4. The standard InChI is InChI=1S/C10H9NO3/c11-8-4-1-7(2-5-8)3-6-9(12)10(13)14/h1-6H,11H2,(H,13,14)/b6-3+. The predicted octanol–water partition coefficient (Wildman–Crippen LogP) is 0.936. The zero-order valence-corrected chi connectivity index (χ0v) is 7.31. The maximum Gasteiger partial charge on any atom is 0.376 e. The van der Waals surface area contributed by atoms with Crippen molar-refractivity contribution in [2.45, 2.75) is 0 Å². The summed E-state index contributed by atoms with van der Waals surface area (Å²) in [5, 5.41) is 8.28. The first-order valence-corrected chi connectivity index (χ1v) is 3.90. The van der Waals surface area contributed by atoms with Crippen molar-refractivity contribution in [3.8, 4) is 0 Å². The van der Waals surface area contributed by atoms with Gasteiger partial charge in [-0.3, -0.25) is 4.79 Å². The number of rotatable bonds is 3. The average Bonchev–Trinajstić information content (AvgIpc) is 2.16. The molecule has 1 aromatic rings. The highest BCUT2D eigenvalue weighted by Gasteiger charge is 2.04. The third kappa shape index (κ3) is 2.75. The molecule has 4 heteroatoms. The minimum absolute atomic E-state index is 0.617. The molecule has 0 aliphatic carbocycles. The van der Waals surface area contributed by atoms with Crippen LogP contribution >= 0.6 is 0 Å². The first-order chi connectivity index (χ1) is 6.59. The van der Waals surface area contributed by atoms with Crippen molar-refractivity contribution < 1.29 is 14.7 Å². The lowest BCUT2D eigenvalue weighted by Crippen LogP contribution is -2.08. The number of benzene rings is 1. The van der Waals surface area contributed by atoms with Gasteiger partial charge in [0.15, 0.2) is 0 Å². The fraction of sp³-hybridized carbons (Fsp3) is 0. The van der Waals surface area contributed by atoms with Gasteiger partial charge in [-0.05, 0) is 23.8 Å². The Hall–Kier alpha value is -2.10. The molecule has 0 atom stereocenters. The SMILES string of the molecule is Nc1ccc(/C=C/C(=O)C(=O)O)cc1. The number of carbonyl (C=O) groups excluding carboxylic acids is 1. The summed E-state index contributed by atoms with van der Waals surface area (Å²) >= 11 is 0. The fourth-order valence-corrected chi connectivity index (χ4v) is 0.850. The second kappa shape index (κ2) is 4.23. The van der Waals surface area contributed by atoms with Crippen molar-refractivity contribution in [2.24, 2.45) is 0 Å². The van der Waals surface area contributed by atoms with E-state index in [0.29, 0.717) is 5.69 Å². The Balaban J connectivity index is 2.74. The van der Waals surface area contributed by atoms with Crippen LogP contribution in [-0.2, 0) is 9.59 Å². The third-order valence-corrected chi connectivity index (χ3v) is 1.57. The lowest BCUT2D eigenvalue weighted by molar-refractivity contribution is -0.146. The van der Waals surface area contributed by atoms with E-state index in [4.69, 9.17) is 10.8 Å². The number of hydrogen-bond donors (Lipinski definition) is 2. The van der Waals surface area contributed by atoms with Crippen molar-refractivity contribution in [2.75, 3.05) is 5.73 Å². The second-order valence-corrected chi connectivity index (χ2v) is 2.67. The summed E-state index contributed by atoms with van der Waals surface area (Å²) in [5.41, 5.74) is 6.79. The number of carboxylic acids is 1. The summed E-state index contributed by atoms with van der Waals surface area (Å²) in [7, 11) is 0. The van der Waals surface area contributed by atoms with Crippen LogP contribution in [0, 0.1) is 0 Å². The van der Waals surface area contributed by atoms with Crippen LogP contribution in [0.1, 0.15) is 5.56 Å². The van der Waals surface area contributed by atoms with Gasteiger partial charge in [0.2, 0.25) is 0 Å². The van der Waals surface area contributed by atoms with Crippen molar-refractivity contribution in [3.05, 3.63) is 35.9 Å². The van der Waals surface area contributed by atoms with Gasteiger partial charge in [-0.15, -0.1) is 0 Å². The second-order valence-electron chi connectivity index (χ2n) is 2.67. The quantitative estimate of drug-likeness (QED) is 0.423. The van der Waals surface area contributed by atoms with Crippen LogP contribution in [0.2, 0.25) is 0 Å². The molecule has 0 heterocycles. The van der Waals surface area contributed by atoms with Crippen LogP contribution in [0.25, 0.3) is 6.08 Å². The minimum Gasteiger partial charge on any atom is -0.475 e. The molecule has 0 amide bonds. The van der Waals surface area contributed by atoms with Crippen LogP contribution < -0.4 is 5.73 Å². The number of ketones is 1. The van der Waals surface area contributed by atoms with Gasteiger partial charge in [0.05, 0.1) is 0 Å². The van der Waals surface area contributed by atoms with E-state index in [0.717, 1.165) is 11.6 Å². The molecule has 0 spiro atoms. The molecule has 0 bridgehead atoms. The van der Waals surface area contributed by atoms with Crippen molar-refractivity contribution in [1.82, 2.24) is 0 Å². The van der Waals surface area contributed by atoms with Gasteiger partial charge in [-0.25, -0.2) is 4.79 Å². The van der Waals surface area contributed by atoms with Gasteiger partial charge in [-0.2, -0.15) is 0 Å². The summed E-state index contributed by atoms with van der Waals surface area (Å²) in [6.07, 6.45) is 2.43. The number of hydrogen-bond acceptors (Lipinski definition) is 3. The third-order valence-electron chi connectivity index (χ3n) is 1.57. The molecule has 0 aliphatic rings. The highest BCUT2D eigenvalue weighted by molar-refractivity contribution is 6.38.